The van der Waals surface area contributed by atoms with Crippen molar-refractivity contribution in [2.45, 2.75) is 20.4 Å². The molecule has 2 rings (SSSR count). The summed E-state index contributed by atoms with van der Waals surface area (Å²) < 4.78 is 5.40. The molecule has 0 bridgehead atoms. The molecule has 0 saturated heterocycles. The first-order chi connectivity index (χ1) is 9.93. The normalized spacial score (nSPS) is 10.5. The average Bonchev–Trinajstić information content (AvgIpc) is 2.43. The van der Waals surface area contributed by atoms with E-state index in [0.717, 1.165) is 22.6 Å². The van der Waals surface area contributed by atoms with Gasteiger partial charge in [-0.2, -0.15) is 0 Å². The fourth-order valence-electron chi connectivity index (χ4n) is 2.28. The minimum absolute atomic E-state index is 0.0466. The fraction of sp³-hybridized carbons (Fsp3) is 0.250. The van der Waals surface area contributed by atoms with Gasteiger partial charge in [0.2, 0.25) is 0 Å². The molecule has 0 unspecified atom stereocenters. The van der Waals surface area contributed by atoms with Crippen LogP contribution in [0.15, 0.2) is 24.3 Å². The maximum atomic E-state index is 9.96. The Bertz CT molecular complexity index is 672. The highest BCUT2D eigenvalue weighted by atomic mass is 35.5. The highest BCUT2D eigenvalue weighted by Crippen LogP contribution is 2.33. The predicted octanol–water partition coefficient (Wildman–Crippen LogP) is 4.94. The van der Waals surface area contributed by atoms with Crippen LogP contribution < -0.4 is 10.1 Å². The molecule has 2 N–H and O–H groups in total. The Morgan fingerprint density at radius 2 is 1.90 bits per heavy atom. The van der Waals surface area contributed by atoms with Crippen LogP contribution >= 0.6 is 23.2 Å². The van der Waals surface area contributed by atoms with E-state index in [1.165, 1.54) is 6.07 Å². The molecule has 0 atom stereocenters. The summed E-state index contributed by atoms with van der Waals surface area (Å²) in [6, 6.07) is 7.17. The van der Waals surface area contributed by atoms with Crippen molar-refractivity contribution in [3.8, 4) is 11.5 Å². The zero-order valence-corrected chi connectivity index (χ0v) is 13.6. The Hall–Kier alpha value is -1.58. The molecule has 0 saturated carbocycles. The van der Waals surface area contributed by atoms with Crippen LogP contribution in [0.2, 0.25) is 10.0 Å². The molecule has 0 aliphatic heterocycles. The standard InChI is InChI=1S/C16H17Cl2NO2/c1-9-4-5-14(10(2)16(9)21-3)19-8-11-6-12(17)7-13(18)15(11)20/h4-7,19-20H,8H2,1-3H3. The molecule has 21 heavy (non-hydrogen) atoms. The van der Waals surface area contributed by atoms with Gasteiger partial charge < -0.3 is 15.2 Å². The molecule has 0 heterocycles. The number of phenols is 1. The van der Waals surface area contributed by atoms with Crippen molar-refractivity contribution >= 4 is 28.9 Å². The number of rotatable bonds is 4. The number of ether oxygens (including phenoxy) is 1. The van der Waals surface area contributed by atoms with Crippen molar-refractivity contribution < 1.29 is 9.84 Å². The summed E-state index contributed by atoms with van der Waals surface area (Å²) in [6.45, 7) is 4.40. The second-order valence-electron chi connectivity index (χ2n) is 4.84. The summed E-state index contributed by atoms with van der Waals surface area (Å²) in [5, 5.41) is 14.0. The summed E-state index contributed by atoms with van der Waals surface area (Å²) in [6.07, 6.45) is 0. The second kappa shape index (κ2) is 6.46. The van der Waals surface area contributed by atoms with Gasteiger partial charge in [-0.1, -0.05) is 29.3 Å². The van der Waals surface area contributed by atoms with Crippen LogP contribution in [0.5, 0.6) is 11.5 Å². The lowest BCUT2D eigenvalue weighted by Crippen LogP contribution is -2.03. The summed E-state index contributed by atoms with van der Waals surface area (Å²) >= 11 is 11.9. The van der Waals surface area contributed by atoms with Gasteiger partial charge in [-0.05, 0) is 37.6 Å². The first-order valence-electron chi connectivity index (χ1n) is 6.49. The molecule has 0 amide bonds. The summed E-state index contributed by atoms with van der Waals surface area (Å²) in [4.78, 5) is 0. The highest BCUT2D eigenvalue weighted by molar-refractivity contribution is 6.35. The Morgan fingerprint density at radius 1 is 1.19 bits per heavy atom. The topological polar surface area (TPSA) is 41.5 Å². The van der Waals surface area contributed by atoms with Gasteiger partial charge in [0.15, 0.2) is 0 Å². The van der Waals surface area contributed by atoms with Crippen LogP contribution in [0.4, 0.5) is 5.69 Å². The molecule has 0 aromatic heterocycles. The number of aromatic hydroxyl groups is 1. The molecule has 0 spiro atoms. The van der Waals surface area contributed by atoms with E-state index in [-0.39, 0.29) is 10.8 Å². The molecular formula is C16H17Cl2NO2. The van der Waals surface area contributed by atoms with Gasteiger partial charge in [0.25, 0.3) is 0 Å². The highest BCUT2D eigenvalue weighted by Gasteiger charge is 2.10. The van der Waals surface area contributed by atoms with Crippen molar-refractivity contribution in [1.82, 2.24) is 0 Å². The van der Waals surface area contributed by atoms with Gasteiger partial charge >= 0.3 is 0 Å². The third-order valence-corrected chi connectivity index (χ3v) is 3.89. The van der Waals surface area contributed by atoms with Crippen molar-refractivity contribution in [3.63, 3.8) is 0 Å². The second-order valence-corrected chi connectivity index (χ2v) is 5.68. The maximum absolute atomic E-state index is 9.96. The van der Waals surface area contributed by atoms with E-state index < -0.39 is 0 Å². The minimum Gasteiger partial charge on any atom is -0.506 e. The number of phenolic OH excluding ortho intramolecular Hbond substituents is 1. The van der Waals surface area contributed by atoms with Crippen LogP contribution in [0.1, 0.15) is 16.7 Å². The van der Waals surface area contributed by atoms with Crippen LogP contribution in [0, 0.1) is 13.8 Å². The number of aryl methyl sites for hydroxylation is 1. The van der Waals surface area contributed by atoms with Gasteiger partial charge in [-0.3, -0.25) is 0 Å². The summed E-state index contributed by atoms with van der Waals surface area (Å²) in [7, 11) is 1.65. The van der Waals surface area contributed by atoms with Gasteiger partial charge in [0.1, 0.15) is 11.5 Å². The Morgan fingerprint density at radius 3 is 2.57 bits per heavy atom. The lowest BCUT2D eigenvalue weighted by molar-refractivity contribution is 0.409. The molecule has 2 aromatic carbocycles. The Balaban J connectivity index is 2.25. The number of nitrogens with one attached hydrogen (secondary N) is 1. The first kappa shape index (κ1) is 15.8. The number of methoxy groups -OCH3 is 1. The molecule has 0 fully saturated rings. The Labute approximate surface area is 134 Å². The van der Waals surface area contributed by atoms with E-state index in [1.807, 2.05) is 26.0 Å². The number of halogens is 2. The van der Waals surface area contributed by atoms with E-state index in [2.05, 4.69) is 5.32 Å². The number of hydrogen-bond acceptors (Lipinski definition) is 3. The van der Waals surface area contributed by atoms with Crippen LogP contribution in [-0.2, 0) is 6.54 Å². The molecule has 3 nitrogen and oxygen atoms in total. The van der Waals surface area contributed by atoms with Gasteiger partial charge in [-0.15, -0.1) is 0 Å². The monoisotopic (exact) mass is 325 g/mol. The zero-order valence-electron chi connectivity index (χ0n) is 12.1. The largest absolute Gasteiger partial charge is 0.506 e. The summed E-state index contributed by atoms with van der Waals surface area (Å²) in [5.74, 6) is 0.902. The third kappa shape index (κ3) is 3.36. The van der Waals surface area contributed by atoms with E-state index in [0.29, 0.717) is 17.1 Å². The van der Waals surface area contributed by atoms with Crippen LogP contribution in [-0.4, -0.2) is 12.2 Å². The Kier molecular flexibility index (Phi) is 4.86. The number of benzene rings is 2. The molecule has 0 aliphatic carbocycles. The van der Waals surface area contributed by atoms with Crippen LogP contribution in [0.3, 0.4) is 0 Å². The predicted molar refractivity (Wildman–Crippen MR) is 87.9 cm³/mol. The minimum atomic E-state index is 0.0466. The van der Waals surface area contributed by atoms with Gasteiger partial charge in [0.05, 0.1) is 12.1 Å². The van der Waals surface area contributed by atoms with Crippen molar-refractivity contribution in [1.29, 1.82) is 0 Å². The first-order valence-corrected chi connectivity index (χ1v) is 7.24. The van der Waals surface area contributed by atoms with E-state index in [1.54, 1.807) is 13.2 Å². The number of hydrogen-bond donors (Lipinski definition) is 2. The van der Waals surface area contributed by atoms with Crippen LogP contribution in [0.25, 0.3) is 0 Å². The third-order valence-electron chi connectivity index (χ3n) is 3.38. The van der Waals surface area contributed by atoms with Gasteiger partial charge in [-0.25, -0.2) is 0 Å². The molecular weight excluding hydrogens is 309 g/mol. The fourth-order valence-corrected chi connectivity index (χ4v) is 2.81. The quantitative estimate of drug-likeness (QED) is 0.836. The average molecular weight is 326 g/mol. The molecule has 5 heteroatoms. The van der Waals surface area contributed by atoms with E-state index in [4.69, 9.17) is 27.9 Å². The zero-order chi connectivity index (χ0) is 15.6. The summed E-state index contributed by atoms with van der Waals surface area (Å²) in [5.41, 5.74) is 3.68. The smallest absolute Gasteiger partial charge is 0.139 e. The van der Waals surface area contributed by atoms with Crippen molar-refractivity contribution in [2.75, 3.05) is 12.4 Å². The molecule has 0 radical (unpaired) electrons. The van der Waals surface area contributed by atoms with E-state index in [9.17, 15) is 5.11 Å². The molecule has 2 aromatic rings. The van der Waals surface area contributed by atoms with Crippen molar-refractivity contribution in [2.24, 2.45) is 0 Å². The molecule has 112 valence electrons. The lowest BCUT2D eigenvalue weighted by Gasteiger charge is -2.15. The van der Waals surface area contributed by atoms with E-state index >= 15 is 0 Å². The molecule has 0 aliphatic rings. The SMILES string of the molecule is COc1c(C)ccc(NCc2cc(Cl)cc(Cl)c2O)c1C. The lowest BCUT2D eigenvalue weighted by atomic mass is 10.1. The number of anilines is 1. The maximum Gasteiger partial charge on any atom is 0.139 e. The van der Waals surface area contributed by atoms with Crippen molar-refractivity contribution in [3.05, 3.63) is 51.0 Å². The van der Waals surface area contributed by atoms with Gasteiger partial charge in [0, 0.05) is 28.4 Å².